The summed E-state index contributed by atoms with van der Waals surface area (Å²) < 4.78 is 32.9. The minimum absolute atomic E-state index is 0.0225. The molecule has 1 aromatic rings. The lowest BCUT2D eigenvalue weighted by Crippen LogP contribution is -2.44. The molecule has 1 N–H and O–H groups in total. The van der Waals surface area contributed by atoms with Crippen molar-refractivity contribution in [1.29, 1.82) is 0 Å². The van der Waals surface area contributed by atoms with Crippen molar-refractivity contribution in [2.45, 2.75) is 64.0 Å². The van der Waals surface area contributed by atoms with E-state index in [9.17, 15) is 13.6 Å². The lowest BCUT2D eigenvalue weighted by atomic mass is 9.81. The van der Waals surface area contributed by atoms with Gasteiger partial charge >= 0.3 is 5.97 Å². The van der Waals surface area contributed by atoms with Gasteiger partial charge in [-0.2, -0.15) is 0 Å². The van der Waals surface area contributed by atoms with Gasteiger partial charge in [0.25, 0.3) is 0 Å². The van der Waals surface area contributed by atoms with Crippen LogP contribution in [0.15, 0.2) is 30.4 Å². The first-order valence-corrected chi connectivity index (χ1v) is 9.56. The third-order valence-electron chi connectivity index (χ3n) is 5.55. The summed E-state index contributed by atoms with van der Waals surface area (Å²) in [4.78, 5) is 12.8. The minimum Gasteiger partial charge on any atom is -0.460 e. The molecule has 2 fully saturated rings. The molecule has 0 radical (unpaired) electrons. The Morgan fingerprint density at radius 2 is 1.78 bits per heavy atom. The maximum Gasteiger partial charge on any atom is 0.311 e. The molecule has 148 valence electrons. The van der Waals surface area contributed by atoms with Crippen molar-refractivity contribution in [2.24, 2.45) is 11.8 Å². The van der Waals surface area contributed by atoms with Gasteiger partial charge < -0.3 is 10.1 Å². The number of nitrogens with one attached hydrogen (secondary N) is 1. The predicted molar refractivity (Wildman–Crippen MR) is 101 cm³/mol. The normalized spacial score (nSPS) is 26.3. The third-order valence-corrected chi connectivity index (χ3v) is 5.55. The number of esters is 1. The second-order valence-corrected chi connectivity index (χ2v) is 9.45. The summed E-state index contributed by atoms with van der Waals surface area (Å²) in [6.07, 6.45) is 5.78. The van der Waals surface area contributed by atoms with Crippen LogP contribution in [0.5, 0.6) is 0 Å². The molecule has 1 aliphatic carbocycles. The van der Waals surface area contributed by atoms with E-state index in [1.54, 1.807) is 0 Å². The highest BCUT2D eigenvalue weighted by atomic mass is 19.1. The van der Waals surface area contributed by atoms with Crippen LogP contribution in [0.3, 0.4) is 0 Å². The SMILES string of the molecule is CC(C)(C)OC(=O)[C@H]1C(/C=C\C2(c3cc(F)cc(F)c3)CC2)CNC1(C)C. The first-order valence-electron chi connectivity index (χ1n) is 9.56. The predicted octanol–water partition coefficient (Wildman–Crippen LogP) is 4.51. The molecule has 0 amide bonds. The monoisotopic (exact) mass is 377 g/mol. The Hall–Kier alpha value is -1.75. The van der Waals surface area contributed by atoms with Gasteiger partial charge in [0, 0.05) is 29.5 Å². The number of carbonyl (C=O) groups excluding carboxylic acids is 1. The topological polar surface area (TPSA) is 38.3 Å². The molecule has 1 saturated heterocycles. The fourth-order valence-corrected chi connectivity index (χ4v) is 3.99. The highest BCUT2D eigenvalue weighted by Crippen LogP contribution is 2.50. The summed E-state index contributed by atoms with van der Waals surface area (Å²) in [5.41, 5.74) is -0.580. The fourth-order valence-electron chi connectivity index (χ4n) is 3.99. The molecule has 1 heterocycles. The van der Waals surface area contributed by atoms with Crippen LogP contribution in [0.25, 0.3) is 0 Å². The van der Waals surface area contributed by atoms with E-state index in [0.717, 1.165) is 18.9 Å². The quantitative estimate of drug-likeness (QED) is 0.620. The highest BCUT2D eigenvalue weighted by molar-refractivity contribution is 5.76. The number of halogens is 2. The minimum atomic E-state index is -0.556. The molecule has 1 aliphatic heterocycles. The molecule has 1 aromatic carbocycles. The Labute approximate surface area is 160 Å². The lowest BCUT2D eigenvalue weighted by molar-refractivity contribution is -0.162. The Kier molecular flexibility index (Phi) is 4.96. The molecule has 27 heavy (non-hydrogen) atoms. The Morgan fingerprint density at radius 1 is 1.19 bits per heavy atom. The summed E-state index contributed by atoms with van der Waals surface area (Å²) in [6, 6.07) is 3.70. The summed E-state index contributed by atoms with van der Waals surface area (Å²) in [5, 5.41) is 3.41. The molecule has 2 atom stereocenters. The van der Waals surface area contributed by atoms with Crippen molar-refractivity contribution in [1.82, 2.24) is 5.32 Å². The van der Waals surface area contributed by atoms with Gasteiger partial charge in [-0.05, 0) is 65.2 Å². The van der Waals surface area contributed by atoms with Crippen LogP contribution in [0.4, 0.5) is 8.78 Å². The molecule has 3 rings (SSSR count). The van der Waals surface area contributed by atoms with Crippen molar-refractivity contribution in [2.75, 3.05) is 6.54 Å². The van der Waals surface area contributed by atoms with Crippen LogP contribution in [-0.4, -0.2) is 23.7 Å². The van der Waals surface area contributed by atoms with Gasteiger partial charge in [0.1, 0.15) is 17.2 Å². The Balaban J connectivity index is 1.82. The molecule has 2 aliphatic rings. The van der Waals surface area contributed by atoms with E-state index in [4.69, 9.17) is 4.74 Å². The Bertz CT molecular complexity index is 740. The smallest absolute Gasteiger partial charge is 0.311 e. The van der Waals surface area contributed by atoms with Crippen LogP contribution in [0.2, 0.25) is 0 Å². The van der Waals surface area contributed by atoms with Gasteiger partial charge in [-0.1, -0.05) is 12.2 Å². The molecule has 1 saturated carbocycles. The summed E-state index contributed by atoms with van der Waals surface area (Å²) in [5.74, 6) is -1.66. The zero-order valence-electron chi connectivity index (χ0n) is 16.7. The number of allylic oxidation sites excluding steroid dienone is 1. The van der Waals surface area contributed by atoms with E-state index in [1.807, 2.05) is 46.8 Å². The van der Waals surface area contributed by atoms with Crippen molar-refractivity contribution in [3.8, 4) is 0 Å². The van der Waals surface area contributed by atoms with E-state index in [1.165, 1.54) is 12.1 Å². The van der Waals surface area contributed by atoms with Crippen LogP contribution in [0, 0.1) is 23.5 Å². The van der Waals surface area contributed by atoms with Crippen molar-refractivity contribution in [3.05, 3.63) is 47.5 Å². The van der Waals surface area contributed by atoms with Crippen LogP contribution >= 0.6 is 0 Å². The zero-order chi connectivity index (χ0) is 20.0. The molecule has 0 aromatic heterocycles. The number of hydrogen-bond acceptors (Lipinski definition) is 3. The van der Waals surface area contributed by atoms with E-state index in [0.29, 0.717) is 12.1 Å². The zero-order valence-corrected chi connectivity index (χ0v) is 16.7. The van der Waals surface area contributed by atoms with Crippen molar-refractivity contribution in [3.63, 3.8) is 0 Å². The van der Waals surface area contributed by atoms with Crippen LogP contribution < -0.4 is 5.32 Å². The molecule has 0 bridgehead atoms. The molecule has 1 unspecified atom stereocenters. The van der Waals surface area contributed by atoms with Crippen molar-refractivity contribution < 1.29 is 18.3 Å². The maximum atomic E-state index is 13.6. The second-order valence-electron chi connectivity index (χ2n) is 9.45. The molecular formula is C22H29F2NO2. The fraction of sp³-hybridized carbons (Fsp3) is 0.591. The number of rotatable bonds is 4. The van der Waals surface area contributed by atoms with E-state index >= 15 is 0 Å². The maximum absolute atomic E-state index is 13.6. The number of ether oxygens (including phenoxy) is 1. The van der Waals surface area contributed by atoms with Gasteiger partial charge in [0.05, 0.1) is 5.92 Å². The summed E-state index contributed by atoms with van der Waals surface area (Å²) >= 11 is 0. The average Bonchev–Trinajstić information content (AvgIpc) is 3.22. The number of carbonyl (C=O) groups is 1. The van der Waals surface area contributed by atoms with Crippen molar-refractivity contribution >= 4 is 5.97 Å². The van der Waals surface area contributed by atoms with Gasteiger partial charge in [-0.15, -0.1) is 0 Å². The van der Waals surface area contributed by atoms with Gasteiger partial charge in [0.2, 0.25) is 0 Å². The van der Waals surface area contributed by atoms with Gasteiger partial charge in [0.15, 0.2) is 0 Å². The molecule has 3 nitrogen and oxygen atoms in total. The number of benzene rings is 1. The number of hydrogen-bond donors (Lipinski definition) is 1. The molecule has 0 spiro atoms. The largest absolute Gasteiger partial charge is 0.460 e. The first-order chi connectivity index (χ1) is 12.4. The highest BCUT2D eigenvalue weighted by Gasteiger charge is 2.48. The summed E-state index contributed by atoms with van der Waals surface area (Å²) in [6.45, 7) is 10.3. The van der Waals surface area contributed by atoms with E-state index in [2.05, 4.69) is 5.32 Å². The second kappa shape index (κ2) is 6.69. The van der Waals surface area contributed by atoms with Crippen LogP contribution in [0.1, 0.15) is 53.0 Å². The third kappa shape index (κ3) is 4.40. The standard InChI is InChI=1S/C22H29F2NO2/c1-20(2,3)27-19(26)18-14(13-25-21(18,4)5)6-7-22(8-9-22)15-10-16(23)12-17(24)11-15/h6-7,10-12,14,18,25H,8-9,13H2,1-5H3/b7-6-/t14?,18-/m1/s1. The van der Waals surface area contributed by atoms with Gasteiger partial charge in [-0.3, -0.25) is 4.79 Å². The first kappa shape index (κ1) is 20.0. The Morgan fingerprint density at radius 3 is 2.30 bits per heavy atom. The summed E-state index contributed by atoms with van der Waals surface area (Å²) in [7, 11) is 0. The molecular weight excluding hydrogens is 348 g/mol. The lowest BCUT2D eigenvalue weighted by Gasteiger charge is -2.31. The van der Waals surface area contributed by atoms with Gasteiger partial charge in [-0.25, -0.2) is 8.78 Å². The van der Waals surface area contributed by atoms with E-state index in [-0.39, 0.29) is 28.8 Å². The van der Waals surface area contributed by atoms with Crippen LogP contribution in [-0.2, 0) is 14.9 Å². The van der Waals surface area contributed by atoms with E-state index < -0.39 is 17.2 Å². The molecule has 5 heteroatoms. The average molecular weight is 377 g/mol.